The molecule has 2 nitrogen and oxygen atoms in total. The van der Waals surface area contributed by atoms with Gasteiger partial charge in [0, 0.05) is 12.6 Å². The van der Waals surface area contributed by atoms with Crippen LogP contribution in [0.5, 0.6) is 0 Å². The molecule has 118 valence electrons. The lowest BCUT2D eigenvalue weighted by atomic mass is 10.0. The molecule has 2 atom stereocenters. The lowest BCUT2D eigenvalue weighted by Crippen LogP contribution is -2.32. The van der Waals surface area contributed by atoms with Gasteiger partial charge in [0.15, 0.2) is 0 Å². The molecule has 2 aromatic carbocycles. The Kier molecular flexibility index (Phi) is 6.27. The third kappa shape index (κ3) is 4.72. The minimum absolute atomic E-state index is 0.276. The van der Waals surface area contributed by atoms with Crippen LogP contribution in [0.4, 0.5) is 0 Å². The fourth-order valence-corrected chi connectivity index (χ4v) is 2.70. The molecule has 0 bridgehead atoms. The van der Waals surface area contributed by atoms with Crippen molar-refractivity contribution in [2.75, 3.05) is 6.54 Å². The third-order valence-corrected chi connectivity index (χ3v) is 4.51. The van der Waals surface area contributed by atoms with Gasteiger partial charge in [-0.05, 0) is 49.1 Å². The molecule has 0 aromatic heterocycles. The molecular weight excluding hydrogens is 317 g/mol. The van der Waals surface area contributed by atoms with Crippen LogP contribution in [0.15, 0.2) is 42.5 Å². The van der Waals surface area contributed by atoms with Gasteiger partial charge in [0.1, 0.15) is 0 Å². The fraction of sp³-hybridized carbons (Fsp3) is 0.333. The maximum Gasteiger partial charge on any atom is 0.0915 e. The van der Waals surface area contributed by atoms with Gasteiger partial charge in [-0.3, -0.25) is 0 Å². The SMILES string of the molecule is Cc1ccccc1C[C@@H](C)NC[C@H](O)c1ccc(Cl)c(Cl)c1. The maximum atomic E-state index is 10.2. The number of halogens is 2. The van der Waals surface area contributed by atoms with Crippen molar-refractivity contribution in [3.63, 3.8) is 0 Å². The zero-order valence-corrected chi connectivity index (χ0v) is 14.3. The van der Waals surface area contributed by atoms with Crippen molar-refractivity contribution in [2.24, 2.45) is 0 Å². The summed E-state index contributed by atoms with van der Waals surface area (Å²) in [7, 11) is 0. The molecule has 2 N–H and O–H groups in total. The Balaban J connectivity index is 1.89. The van der Waals surface area contributed by atoms with Crippen LogP contribution in [0.2, 0.25) is 10.0 Å². The van der Waals surface area contributed by atoms with Gasteiger partial charge in [-0.15, -0.1) is 0 Å². The average molecular weight is 338 g/mol. The van der Waals surface area contributed by atoms with E-state index in [9.17, 15) is 5.11 Å². The molecule has 0 saturated heterocycles. The number of aryl methyl sites for hydroxylation is 1. The van der Waals surface area contributed by atoms with Crippen LogP contribution >= 0.6 is 23.2 Å². The summed E-state index contributed by atoms with van der Waals surface area (Å²) in [5, 5.41) is 14.6. The van der Waals surface area contributed by atoms with E-state index in [0.29, 0.717) is 16.6 Å². The van der Waals surface area contributed by atoms with E-state index in [0.717, 1.165) is 12.0 Å². The molecule has 2 rings (SSSR count). The summed E-state index contributed by atoms with van der Waals surface area (Å²) in [5.41, 5.74) is 3.39. The molecule has 0 aliphatic carbocycles. The molecule has 0 fully saturated rings. The quantitative estimate of drug-likeness (QED) is 0.809. The first-order chi connectivity index (χ1) is 10.5. The largest absolute Gasteiger partial charge is 0.387 e. The van der Waals surface area contributed by atoms with Gasteiger partial charge in [0.2, 0.25) is 0 Å². The second-order valence-electron chi connectivity index (χ2n) is 5.63. The molecule has 4 heteroatoms. The molecule has 0 amide bonds. The third-order valence-electron chi connectivity index (χ3n) is 3.78. The van der Waals surface area contributed by atoms with Gasteiger partial charge in [-0.25, -0.2) is 0 Å². The maximum absolute atomic E-state index is 10.2. The number of rotatable bonds is 6. The van der Waals surface area contributed by atoms with Crippen molar-refractivity contribution in [3.05, 3.63) is 69.2 Å². The summed E-state index contributed by atoms with van der Waals surface area (Å²) in [5.74, 6) is 0. The molecule has 0 aliphatic rings. The highest BCUT2D eigenvalue weighted by Gasteiger charge is 2.12. The van der Waals surface area contributed by atoms with Crippen LogP contribution in [0.25, 0.3) is 0 Å². The van der Waals surface area contributed by atoms with Gasteiger partial charge in [0.05, 0.1) is 16.1 Å². The molecule has 0 unspecified atom stereocenters. The minimum atomic E-state index is -0.603. The van der Waals surface area contributed by atoms with E-state index in [1.54, 1.807) is 18.2 Å². The van der Waals surface area contributed by atoms with Gasteiger partial charge in [-0.2, -0.15) is 0 Å². The van der Waals surface area contributed by atoms with E-state index in [1.807, 2.05) is 6.07 Å². The first-order valence-corrected chi connectivity index (χ1v) is 8.14. The number of aliphatic hydroxyl groups is 1. The zero-order valence-electron chi connectivity index (χ0n) is 12.8. The van der Waals surface area contributed by atoms with Crippen LogP contribution < -0.4 is 5.32 Å². The monoisotopic (exact) mass is 337 g/mol. The van der Waals surface area contributed by atoms with Crippen LogP contribution in [0.1, 0.15) is 29.7 Å². The van der Waals surface area contributed by atoms with Gasteiger partial charge < -0.3 is 10.4 Å². The second-order valence-corrected chi connectivity index (χ2v) is 6.44. The van der Waals surface area contributed by atoms with Crippen molar-refractivity contribution in [3.8, 4) is 0 Å². The molecule has 0 radical (unpaired) electrons. The molecule has 0 saturated carbocycles. The van der Waals surface area contributed by atoms with Gasteiger partial charge >= 0.3 is 0 Å². The molecule has 22 heavy (non-hydrogen) atoms. The number of hydrogen-bond donors (Lipinski definition) is 2. The molecular formula is C18H21Cl2NO. The molecule has 0 heterocycles. The zero-order chi connectivity index (χ0) is 16.1. The van der Waals surface area contributed by atoms with E-state index in [-0.39, 0.29) is 6.04 Å². The van der Waals surface area contributed by atoms with Crippen LogP contribution in [-0.4, -0.2) is 17.7 Å². The molecule has 0 aliphatic heterocycles. The topological polar surface area (TPSA) is 32.3 Å². The minimum Gasteiger partial charge on any atom is -0.387 e. The number of nitrogens with one attached hydrogen (secondary N) is 1. The highest BCUT2D eigenvalue weighted by Crippen LogP contribution is 2.25. The summed E-state index contributed by atoms with van der Waals surface area (Å²) in [6.07, 6.45) is 0.329. The highest BCUT2D eigenvalue weighted by atomic mass is 35.5. The lowest BCUT2D eigenvalue weighted by molar-refractivity contribution is 0.170. The summed E-state index contributed by atoms with van der Waals surface area (Å²) in [6, 6.07) is 13.9. The van der Waals surface area contributed by atoms with Crippen molar-refractivity contribution in [1.82, 2.24) is 5.32 Å². The van der Waals surface area contributed by atoms with Gasteiger partial charge in [0.25, 0.3) is 0 Å². The van der Waals surface area contributed by atoms with E-state index >= 15 is 0 Å². The van der Waals surface area contributed by atoms with Crippen molar-refractivity contribution < 1.29 is 5.11 Å². The Labute approximate surface area is 142 Å². The Hall–Kier alpha value is -1.06. The first kappa shape index (κ1) is 17.3. The Bertz CT molecular complexity index is 630. The van der Waals surface area contributed by atoms with E-state index in [2.05, 4.69) is 37.4 Å². The van der Waals surface area contributed by atoms with Crippen LogP contribution in [0.3, 0.4) is 0 Å². The Morgan fingerprint density at radius 2 is 1.82 bits per heavy atom. The Morgan fingerprint density at radius 1 is 1.09 bits per heavy atom. The number of aliphatic hydroxyl groups excluding tert-OH is 1. The van der Waals surface area contributed by atoms with E-state index in [1.165, 1.54) is 11.1 Å². The first-order valence-electron chi connectivity index (χ1n) is 7.38. The number of benzene rings is 2. The predicted octanol–water partition coefficient (Wildman–Crippen LogP) is 4.56. The van der Waals surface area contributed by atoms with Crippen LogP contribution in [0, 0.1) is 6.92 Å². The standard InChI is InChI=1S/C18H21Cl2NO/c1-12-5-3-4-6-14(12)9-13(2)21-11-18(22)15-7-8-16(19)17(20)10-15/h3-8,10,13,18,21-22H,9,11H2,1-2H3/t13-,18+/m1/s1. The summed E-state index contributed by atoms with van der Waals surface area (Å²) in [6.45, 7) is 4.71. The number of hydrogen-bond acceptors (Lipinski definition) is 2. The van der Waals surface area contributed by atoms with Crippen LogP contribution in [-0.2, 0) is 6.42 Å². The van der Waals surface area contributed by atoms with E-state index < -0.39 is 6.10 Å². The summed E-state index contributed by atoms with van der Waals surface area (Å²) in [4.78, 5) is 0. The Morgan fingerprint density at radius 3 is 2.50 bits per heavy atom. The van der Waals surface area contributed by atoms with Gasteiger partial charge in [-0.1, -0.05) is 53.5 Å². The fourth-order valence-electron chi connectivity index (χ4n) is 2.39. The van der Waals surface area contributed by atoms with Crippen molar-refractivity contribution >= 4 is 23.2 Å². The van der Waals surface area contributed by atoms with Crippen molar-refractivity contribution in [2.45, 2.75) is 32.4 Å². The lowest BCUT2D eigenvalue weighted by Gasteiger charge is -2.18. The molecule has 2 aromatic rings. The van der Waals surface area contributed by atoms with E-state index in [4.69, 9.17) is 23.2 Å². The van der Waals surface area contributed by atoms with Crippen molar-refractivity contribution in [1.29, 1.82) is 0 Å². The summed E-state index contributed by atoms with van der Waals surface area (Å²) < 4.78 is 0. The summed E-state index contributed by atoms with van der Waals surface area (Å²) >= 11 is 11.9. The highest BCUT2D eigenvalue weighted by molar-refractivity contribution is 6.42. The smallest absolute Gasteiger partial charge is 0.0915 e. The normalized spacial score (nSPS) is 13.9. The average Bonchev–Trinajstić information content (AvgIpc) is 2.50. The predicted molar refractivity (Wildman–Crippen MR) is 93.8 cm³/mol. The second kappa shape index (κ2) is 7.98. The molecule has 0 spiro atoms.